The molecule has 2 aromatic carbocycles. The lowest BCUT2D eigenvalue weighted by Gasteiger charge is -2.16. The third kappa shape index (κ3) is 3.79. The fourth-order valence-corrected chi connectivity index (χ4v) is 1.85. The first kappa shape index (κ1) is 13.0. The van der Waals surface area contributed by atoms with E-state index < -0.39 is 0 Å². The van der Waals surface area contributed by atoms with Crippen LogP contribution < -0.4 is 10.1 Å². The van der Waals surface area contributed by atoms with Crippen LogP contribution in [0.2, 0.25) is 0 Å². The molecular formula is C17H17NO. The van der Waals surface area contributed by atoms with Gasteiger partial charge in [-0.05, 0) is 36.8 Å². The summed E-state index contributed by atoms with van der Waals surface area (Å²) in [5.41, 5.74) is 2.32. The van der Waals surface area contributed by atoms with Crippen molar-refractivity contribution in [2.45, 2.75) is 13.0 Å². The van der Waals surface area contributed by atoms with Crippen molar-refractivity contribution in [3.8, 4) is 18.1 Å². The lowest BCUT2D eigenvalue weighted by atomic mass is 10.1. The van der Waals surface area contributed by atoms with Crippen molar-refractivity contribution in [2.75, 3.05) is 11.9 Å². The van der Waals surface area contributed by atoms with E-state index in [2.05, 4.69) is 30.3 Å². The van der Waals surface area contributed by atoms with Crippen LogP contribution in [-0.2, 0) is 0 Å². The SMILES string of the molecule is C#CCOc1ccc([C@@H](C)Nc2ccccc2)cc1. The van der Waals surface area contributed by atoms with Crippen LogP contribution in [0.4, 0.5) is 5.69 Å². The maximum Gasteiger partial charge on any atom is 0.148 e. The van der Waals surface area contributed by atoms with Crippen LogP contribution in [0.3, 0.4) is 0 Å². The highest BCUT2D eigenvalue weighted by Crippen LogP contribution is 2.21. The van der Waals surface area contributed by atoms with Gasteiger partial charge in [0.2, 0.25) is 0 Å². The van der Waals surface area contributed by atoms with E-state index in [-0.39, 0.29) is 6.04 Å². The van der Waals surface area contributed by atoms with Crippen LogP contribution >= 0.6 is 0 Å². The molecule has 2 aromatic rings. The number of hydrogen-bond acceptors (Lipinski definition) is 2. The number of rotatable bonds is 5. The third-order valence-electron chi connectivity index (χ3n) is 2.86. The molecule has 0 aliphatic carbocycles. The van der Waals surface area contributed by atoms with Crippen LogP contribution in [0.1, 0.15) is 18.5 Å². The smallest absolute Gasteiger partial charge is 0.148 e. The lowest BCUT2D eigenvalue weighted by Crippen LogP contribution is -2.06. The Labute approximate surface area is 114 Å². The molecule has 0 radical (unpaired) electrons. The zero-order chi connectivity index (χ0) is 13.5. The number of benzene rings is 2. The minimum Gasteiger partial charge on any atom is -0.481 e. The Hall–Kier alpha value is -2.40. The summed E-state index contributed by atoms with van der Waals surface area (Å²) in [7, 11) is 0. The van der Waals surface area contributed by atoms with E-state index in [1.807, 2.05) is 42.5 Å². The highest BCUT2D eigenvalue weighted by molar-refractivity contribution is 5.45. The quantitative estimate of drug-likeness (QED) is 0.814. The van der Waals surface area contributed by atoms with Crippen molar-refractivity contribution in [2.24, 2.45) is 0 Å². The van der Waals surface area contributed by atoms with Gasteiger partial charge >= 0.3 is 0 Å². The average molecular weight is 251 g/mol. The molecule has 0 aliphatic heterocycles. The molecule has 0 spiro atoms. The zero-order valence-electron chi connectivity index (χ0n) is 11.0. The van der Waals surface area contributed by atoms with Crippen molar-refractivity contribution >= 4 is 5.69 Å². The second kappa shape index (κ2) is 6.51. The van der Waals surface area contributed by atoms with Crippen LogP contribution in [0, 0.1) is 12.3 Å². The number of ether oxygens (including phenoxy) is 1. The van der Waals surface area contributed by atoms with Crippen LogP contribution in [-0.4, -0.2) is 6.61 Å². The number of nitrogens with one attached hydrogen (secondary N) is 1. The highest BCUT2D eigenvalue weighted by Gasteiger charge is 2.05. The van der Waals surface area contributed by atoms with Crippen molar-refractivity contribution in [1.82, 2.24) is 0 Å². The summed E-state index contributed by atoms with van der Waals surface area (Å²) in [5, 5.41) is 3.45. The van der Waals surface area contributed by atoms with Crippen LogP contribution in [0.5, 0.6) is 5.75 Å². The maximum absolute atomic E-state index is 5.35. The van der Waals surface area contributed by atoms with Gasteiger partial charge in [-0.2, -0.15) is 0 Å². The Morgan fingerprint density at radius 3 is 2.42 bits per heavy atom. The largest absolute Gasteiger partial charge is 0.481 e. The molecule has 0 saturated heterocycles. The summed E-state index contributed by atoms with van der Waals surface area (Å²) in [6.45, 7) is 2.43. The Bertz CT molecular complexity index is 540. The van der Waals surface area contributed by atoms with E-state index in [0.717, 1.165) is 11.4 Å². The third-order valence-corrected chi connectivity index (χ3v) is 2.86. The number of terminal acetylenes is 1. The molecule has 96 valence electrons. The van der Waals surface area contributed by atoms with Gasteiger partial charge in [0, 0.05) is 11.7 Å². The van der Waals surface area contributed by atoms with Gasteiger partial charge < -0.3 is 10.1 Å². The molecule has 2 heteroatoms. The molecule has 2 rings (SSSR count). The summed E-state index contributed by atoms with van der Waals surface area (Å²) >= 11 is 0. The van der Waals surface area contributed by atoms with Gasteiger partial charge in [-0.15, -0.1) is 6.42 Å². The summed E-state index contributed by atoms with van der Waals surface area (Å²) < 4.78 is 5.35. The molecule has 0 aromatic heterocycles. The molecule has 19 heavy (non-hydrogen) atoms. The Morgan fingerprint density at radius 1 is 1.11 bits per heavy atom. The summed E-state index contributed by atoms with van der Waals surface area (Å²) in [5.74, 6) is 3.25. The minimum atomic E-state index is 0.240. The highest BCUT2D eigenvalue weighted by atomic mass is 16.5. The minimum absolute atomic E-state index is 0.240. The van der Waals surface area contributed by atoms with Gasteiger partial charge in [-0.1, -0.05) is 36.3 Å². The van der Waals surface area contributed by atoms with Gasteiger partial charge in [-0.3, -0.25) is 0 Å². The van der Waals surface area contributed by atoms with Crippen molar-refractivity contribution in [1.29, 1.82) is 0 Å². The molecule has 0 amide bonds. The molecule has 0 unspecified atom stereocenters. The van der Waals surface area contributed by atoms with Crippen molar-refractivity contribution in [3.63, 3.8) is 0 Å². The standard InChI is InChI=1S/C17H17NO/c1-3-13-19-17-11-9-15(10-12-17)14(2)18-16-7-5-4-6-8-16/h1,4-12,14,18H,13H2,2H3/t14-/m1/s1. The number of anilines is 1. The molecule has 1 N–H and O–H groups in total. The molecular weight excluding hydrogens is 234 g/mol. The Kier molecular flexibility index (Phi) is 4.47. The first-order chi connectivity index (χ1) is 9.29. The van der Waals surface area contributed by atoms with E-state index in [0.29, 0.717) is 6.61 Å². The summed E-state index contributed by atoms with van der Waals surface area (Å²) in [4.78, 5) is 0. The summed E-state index contributed by atoms with van der Waals surface area (Å²) in [6, 6.07) is 18.4. The molecule has 0 saturated carbocycles. The van der Waals surface area contributed by atoms with Crippen LogP contribution in [0.25, 0.3) is 0 Å². The number of para-hydroxylation sites is 1. The molecule has 1 atom stereocenters. The first-order valence-corrected chi connectivity index (χ1v) is 6.27. The molecule has 2 nitrogen and oxygen atoms in total. The van der Waals surface area contributed by atoms with E-state index in [1.165, 1.54) is 5.56 Å². The second-order valence-corrected chi connectivity index (χ2v) is 4.29. The van der Waals surface area contributed by atoms with Crippen molar-refractivity contribution < 1.29 is 4.74 Å². The van der Waals surface area contributed by atoms with Gasteiger partial charge in [-0.25, -0.2) is 0 Å². The predicted molar refractivity (Wildman–Crippen MR) is 79.2 cm³/mol. The summed E-state index contributed by atoms with van der Waals surface area (Å²) in [6.07, 6.45) is 5.16. The monoisotopic (exact) mass is 251 g/mol. The predicted octanol–water partition coefficient (Wildman–Crippen LogP) is 3.87. The molecule has 0 heterocycles. The number of hydrogen-bond donors (Lipinski definition) is 1. The van der Waals surface area contributed by atoms with Crippen molar-refractivity contribution in [3.05, 3.63) is 60.2 Å². The fourth-order valence-electron chi connectivity index (χ4n) is 1.85. The normalized spacial score (nSPS) is 11.4. The van der Waals surface area contributed by atoms with E-state index in [4.69, 9.17) is 11.2 Å². The lowest BCUT2D eigenvalue weighted by molar-refractivity contribution is 0.370. The Morgan fingerprint density at radius 2 is 1.79 bits per heavy atom. The molecule has 0 aliphatic rings. The molecule has 0 bridgehead atoms. The Balaban J connectivity index is 2.00. The van der Waals surface area contributed by atoms with Gasteiger partial charge in [0.1, 0.15) is 12.4 Å². The maximum atomic E-state index is 5.35. The first-order valence-electron chi connectivity index (χ1n) is 6.27. The van der Waals surface area contributed by atoms with E-state index in [9.17, 15) is 0 Å². The van der Waals surface area contributed by atoms with Crippen LogP contribution in [0.15, 0.2) is 54.6 Å². The second-order valence-electron chi connectivity index (χ2n) is 4.29. The average Bonchev–Trinajstić information content (AvgIpc) is 2.46. The molecule has 0 fully saturated rings. The zero-order valence-corrected chi connectivity index (χ0v) is 11.0. The van der Waals surface area contributed by atoms with Gasteiger partial charge in [0.05, 0.1) is 0 Å². The fraction of sp³-hybridized carbons (Fsp3) is 0.176. The van der Waals surface area contributed by atoms with Gasteiger partial charge in [0.15, 0.2) is 0 Å². The van der Waals surface area contributed by atoms with Gasteiger partial charge in [0.25, 0.3) is 0 Å². The van der Waals surface area contributed by atoms with E-state index in [1.54, 1.807) is 0 Å². The topological polar surface area (TPSA) is 21.3 Å². The van der Waals surface area contributed by atoms with E-state index >= 15 is 0 Å².